The zero-order chi connectivity index (χ0) is 17.5. The standard InChI is InChI=1S/C10H6B6BrNO4/c1-4-2-6(18(20)21)7(3-5(4)17)22-8(11,9(12,13)14)10(15,16)19/h2-3,19H,1H3. The molecular formula is C10H6B6BrNO4. The van der Waals surface area contributed by atoms with Gasteiger partial charge in [-0.15, -0.1) is 5.11 Å². The summed E-state index contributed by atoms with van der Waals surface area (Å²) < 4.78 is 5.65. The maximum Gasteiger partial charge on any atom is 0.311 e. The second kappa shape index (κ2) is 6.04. The van der Waals surface area contributed by atoms with E-state index in [1.54, 1.807) is 6.92 Å². The second-order valence-electron chi connectivity index (χ2n) is 4.92. The Bertz CT molecular complexity index is 586. The molecule has 1 aromatic rings. The molecular weight excluding hydrogens is 343 g/mol. The smallest absolute Gasteiger partial charge is 0.311 e. The van der Waals surface area contributed by atoms with Crippen molar-refractivity contribution in [2.45, 2.75) is 22.9 Å². The van der Waals surface area contributed by atoms with E-state index in [-0.39, 0.29) is 5.75 Å². The molecule has 0 aliphatic carbocycles. The maximum absolute atomic E-state index is 11.1. The van der Waals surface area contributed by atoms with Gasteiger partial charge >= 0.3 is 5.69 Å². The van der Waals surface area contributed by atoms with Crippen molar-refractivity contribution in [3.05, 3.63) is 32.3 Å². The average Bonchev–Trinajstić information content (AvgIpc) is 2.30. The third-order valence-corrected chi connectivity index (χ3v) is 3.80. The van der Waals surface area contributed by atoms with E-state index in [0.717, 1.165) is 0 Å². The fourth-order valence-electron chi connectivity index (χ4n) is 1.56. The molecule has 5 nitrogen and oxygen atoms in total. The van der Waals surface area contributed by atoms with Crippen LogP contribution in [0.15, 0.2) is 16.6 Å². The summed E-state index contributed by atoms with van der Waals surface area (Å²) >= 11 is 3.18. The van der Waals surface area contributed by atoms with Gasteiger partial charge < -0.3 is 9.84 Å². The lowest BCUT2D eigenvalue weighted by atomic mass is 9.26. The Labute approximate surface area is 144 Å². The van der Waals surface area contributed by atoms with Crippen molar-refractivity contribution in [1.29, 1.82) is 0 Å². The van der Waals surface area contributed by atoms with Crippen molar-refractivity contribution in [1.82, 2.24) is 0 Å². The fraction of sp³-hybridized carbons (Fsp3) is 0.400. The topological polar surface area (TPSA) is 72.6 Å². The SMILES string of the molecule is [B]C([B])([B])C([B])(Oc1cc(Br)c(C)cc1[N+](=O)[O-])C([B])([B])O. The van der Waals surface area contributed by atoms with Gasteiger partial charge in [-0.05, 0) is 12.5 Å². The highest BCUT2D eigenvalue weighted by atomic mass is 79.9. The number of nitro benzene ring substituents is 1. The minimum atomic E-state index is -2.80. The summed E-state index contributed by atoms with van der Waals surface area (Å²) in [5, 5.41) is 15.7. The van der Waals surface area contributed by atoms with Crippen molar-refractivity contribution in [3.63, 3.8) is 0 Å². The Balaban J connectivity index is 3.50. The number of rotatable bonds is 5. The molecule has 1 N–H and O–H groups in total. The summed E-state index contributed by atoms with van der Waals surface area (Å²) in [4.78, 5) is 10.4. The molecule has 0 amide bonds. The van der Waals surface area contributed by atoms with Gasteiger partial charge in [0.15, 0.2) is 5.75 Å². The van der Waals surface area contributed by atoms with Crippen molar-refractivity contribution in [2.75, 3.05) is 0 Å². The molecule has 0 aliphatic heterocycles. The lowest BCUT2D eigenvalue weighted by molar-refractivity contribution is -0.386. The number of hydrogen-bond acceptors (Lipinski definition) is 4. The van der Waals surface area contributed by atoms with Crippen LogP contribution in [0.3, 0.4) is 0 Å². The molecule has 100 valence electrons. The van der Waals surface area contributed by atoms with Crippen LogP contribution in [0.1, 0.15) is 5.56 Å². The van der Waals surface area contributed by atoms with Gasteiger partial charge in [-0.2, -0.15) is 0 Å². The van der Waals surface area contributed by atoms with Crippen molar-refractivity contribution >= 4 is 68.7 Å². The summed E-state index contributed by atoms with van der Waals surface area (Å²) in [5.41, 5.74) is -2.56. The third-order valence-electron chi connectivity index (χ3n) is 2.95. The van der Waals surface area contributed by atoms with Crippen LogP contribution < -0.4 is 4.74 Å². The van der Waals surface area contributed by atoms with Gasteiger partial charge in [0.2, 0.25) is 0 Å². The first-order valence-corrected chi connectivity index (χ1v) is 6.59. The lowest BCUT2D eigenvalue weighted by Gasteiger charge is -2.52. The Kier molecular flexibility index (Phi) is 5.30. The monoisotopic (exact) mass is 349 g/mol. The zero-order valence-electron chi connectivity index (χ0n) is 11.6. The molecule has 0 saturated carbocycles. The van der Waals surface area contributed by atoms with Crippen molar-refractivity contribution in [3.8, 4) is 5.75 Å². The number of hydrogen-bond donors (Lipinski definition) is 1. The van der Waals surface area contributed by atoms with Crippen LogP contribution in [0.2, 0.25) is 5.11 Å². The average molecular weight is 349 g/mol. The van der Waals surface area contributed by atoms with Crippen LogP contribution in [-0.2, 0) is 0 Å². The van der Waals surface area contributed by atoms with Gasteiger partial charge in [0.25, 0.3) is 0 Å². The van der Waals surface area contributed by atoms with Crippen molar-refractivity contribution in [2.24, 2.45) is 0 Å². The number of nitrogens with zero attached hydrogens (tertiary/aromatic N) is 1. The molecule has 0 spiro atoms. The summed E-state index contributed by atoms with van der Waals surface area (Å²) in [6.07, 6.45) is 0. The summed E-state index contributed by atoms with van der Waals surface area (Å²) in [6, 6.07) is 2.43. The Morgan fingerprint density at radius 2 is 1.73 bits per heavy atom. The number of aliphatic hydroxyl groups is 1. The highest BCUT2D eigenvalue weighted by molar-refractivity contribution is 9.10. The number of ether oxygens (including phenoxy) is 1. The number of halogens is 1. The van der Waals surface area contributed by atoms with E-state index < -0.39 is 26.6 Å². The van der Waals surface area contributed by atoms with Crippen LogP contribution in [-0.4, -0.2) is 68.0 Å². The van der Waals surface area contributed by atoms with Gasteiger partial charge in [0.1, 0.15) is 23.5 Å². The van der Waals surface area contributed by atoms with E-state index in [9.17, 15) is 15.2 Å². The van der Waals surface area contributed by atoms with Gasteiger partial charge in [-0.3, -0.25) is 10.1 Å². The first-order chi connectivity index (χ1) is 9.70. The van der Waals surface area contributed by atoms with E-state index >= 15 is 0 Å². The Morgan fingerprint density at radius 1 is 1.23 bits per heavy atom. The lowest BCUT2D eigenvalue weighted by Crippen LogP contribution is -2.67. The first-order valence-electron chi connectivity index (χ1n) is 5.80. The molecule has 0 bridgehead atoms. The molecule has 1 unspecified atom stereocenters. The number of nitro groups is 1. The quantitative estimate of drug-likeness (QED) is 0.441. The molecule has 1 atom stereocenters. The van der Waals surface area contributed by atoms with Gasteiger partial charge in [0, 0.05) is 22.0 Å². The van der Waals surface area contributed by atoms with Gasteiger partial charge in [0.05, 0.1) is 34.0 Å². The number of aryl methyl sites for hydroxylation is 1. The Hall–Kier alpha value is -0.750. The van der Waals surface area contributed by atoms with E-state index in [4.69, 9.17) is 51.8 Å². The van der Waals surface area contributed by atoms with E-state index in [1.807, 2.05) is 0 Å². The summed E-state index contributed by atoms with van der Waals surface area (Å²) in [5.74, 6) is -0.384. The van der Waals surface area contributed by atoms with E-state index in [1.165, 1.54) is 12.1 Å². The highest BCUT2D eigenvalue weighted by Gasteiger charge is 2.48. The van der Waals surface area contributed by atoms with E-state index in [2.05, 4.69) is 15.9 Å². The normalized spacial score (nSPS) is 15.0. The summed E-state index contributed by atoms with van der Waals surface area (Å²) in [7, 11) is 32.7. The van der Waals surface area contributed by atoms with Crippen LogP contribution in [0.25, 0.3) is 0 Å². The molecule has 0 aromatic heterocycles. The molecule has 0 heterocycles. The van der Waals surface area contributed by atoms with E-state index in [0.29, 0.717) is 10.0 Å². The molecule has 12 heteroatoms. The molecule has 22 heavy (non-hydrogen) atoms. The predicted molar refractivity (Wildman–Crippen MR) is 91.1 cm³/mol. The number of benzene rings is 1. The van der Waals surface area contributed by atoms with Crippen LogP contribution >= 0.6 is 15.9 Å². The molecule has 0 saturated heterocycles. The molecule has 0 aliphatic rings. The zero-order valence-corrected chi connectivity index (χ0v) is 13.2. The predicted octanol–water partition coefficient (Wildman–Crippen LogP) is -0.528. The maximum atomic E-state index is 11.1. The van der Waals surface area contributed by atoms with Crippen LogP contribution in [0.5, 0.6) is 5.75 Å². The summed E-state index contributed by atoms with van der Waals surface area (Å²) in [6.45, 7) is 1.62. The highest BCUT2D eigenvalue weighted by Crippen LogP contribution is 2.41. The largest absolute Gasteiger partial charge is 0.491 e. The van der Waals surface area contributed by atoms with Gasteiger partial charge in [-0.1, -0.05) is 15.9 Å². The second-order valence-corrected chi connectivity index (χ2v) is 5.78. The van der Waals surface area contributed by atoms with Crippen LogP contribution in [0.4, 0.5) is 5.69 Å². The van der Waals surface area contributed by atoms with Crippen LogP contribution in [0, 0.1) is 17.0 Å². The first kappa shape index (κ1) is 19.3. The minimum Gasteiger partial charge on any atom is -0.491 e. The Morgan fingerprint density at radius 3 is 2.09 bits per heavy atom. The van der Waals surface area contributed by atoms with Crippen molar-refractivity contribution < 1.29 is 14.8 Å². The fourth-order valence-corrected chi connectivity index (χ4v) is 1.89. The minimum absolute atomic E-state index is 0.384. The molecule has 12 radical (unpaired) electrons. The third kappa shape index (κ3) is 3.59. The molecule has 1 rings (SSSR count). The molecule has 1 aromatic carbocycles. The molecule has 0 fully saturated rings. The van der Waals surface area contributed by atoms with Gasteiger partial charge in [-0.25, -0.2) is 0 Å².